The summed E-state index contributed by atoms with van der Waals surface area (Å²) in [6, 6.07) is 17.1. The van der Waals surface area contributed by atoms with Crippen LogP contribution in [-0.4, -0.2) is 41.4 Å². The lowest BCUT2D eigenvalue weighted by atomic mass is 10.3. The van der Waals surface area contributed by atoms with Gasteiger partial charge in [0.25, 0.3) is 5.56 Å². The maximum Gasteiger partial charge on any atom is 0.264 e. The number of fused-ring (bicyclic) bond motifs is 1. The molecule has 0 aliphatic carbocycles. The van der Waals surface area contributed by atoms with Crippen molar-refractivity contribution in [2.75, 3.05) is 7.11 Å². The Bertz CT molecular complexity index is 1390. The molecule has 0 fully saturated rings. The van der Waals surface area contributed by atoms with Gasteiger partial charge in [0, 0.05) is 0 Å². The number of nitrogens with zero attached hydrogens (tertiary/aromatic N) is 7. The molecule has 2 aromatic carbocycles. The van der Waals surface area contributed by atoms with Crippen molar-refractivity contribution < 1.29 is 4.74 Å². The lowest BCUT2D eigenvalue weighted by Gasteiger charge is -2.06. The first kappa shape index (κ1) is 17.8. The molecule has 0 bridgehead atoms. The van der Waals surface area contributed by atoms with E-state index >= 15 is 0 Å². The van der Waals surface area contributed by atoms with Gasteiger partial charge >= 0.3 is 0 Å². The molecule has 3 aromatic heterocycles. The van der Waals surface area contributed by atoms with Crippen LogP contribution in [-0.2, 0) is 6.54 Å². The highest BCUT2D eigenvalue weighted by Crippen LogP contribution is 2.21. The van der Waals surface area contributed by atoms with E-state index in [0.29, 0.717) is 22.5 Å². The Kier molecular flexibility index (Phi) is 4.32. The Labute approximate surface area is 170 Å². The Morgan fingerprint density at radius 2 is 1.83 bits per heavy atom. The van der Waals surface area contributed by atoms with Crippen molar-refractivity contribution in [2.24, 2.45) is 0 Å². The molecule has 0 amide bonds. The smallest absolute Gasteiger partial charge is 0.264 e. The molecule has 30 heavy (non-hydrogen) atoms. The maximum absolute atomic E-state index is 12.9. The van der Waals surface area contributed by atoms with Crippen LogP contribution in [0.2, 0.25) is 0 Å². The Hall–Kier alpha value is -4.27. The third kappa shape index (κ3) is 3.02. The standard InChI is InChI=1S/C21H17N7O2/c1-30-19-10-6-5-9-18(19)27-13-15(24-25-27)12-26-14-22-20-17(21(26)29)11-23-28(20)16-7-3-2-4-8-16/h2-11,13-14H,12H2,1H3. The fourth-order valence-electron chi connectivity index (χ4n) is 3.30. The van der Waals surface area contributed by atoms with Crippen LogP contribution in [0.3, 0.4) is 0 Å². The first-order chi connectivity index (χ1) is 14.7. The molecule has 0 saturated carbocycles. The summed E-state index contributed by atoms with van der Waals surface area (Å²) in [5.41, 5.74) is 2.56. The van der Waals surface area contributed by atoms with Gasteiger partial charge in [0.1, 0.15) is 28.8 Å². The molecule has 0 aliphatic rings. The van der Waals surface area contributed by atoms with Crippen LogP contribution in [0, 0.1) is 0 Å². The van der Waals surface area contributed by atoms with Crippen LogP contribution in [0.15, 0.2) is 78.1 Å². The first-order valence-electron chi connectivity index (χ1n) is 9.28. The highest BCUT2D eigenvalue weighted by Gasteiger charge is 2.13. The van der Waals surface area contributed by atoms with Crippen LogP contribution < -0.4 is 10.3 Å². The number of hydrogen-bond acceptors (Lipinski definition) is 6. The molecule has 5 aromatic rings. The Morgan fingerprint density at radius 3 is 2.67 bits per heavy atom. The molecule has 3 heterocycles. The topological polar surface area (TPSA) is 92.7 Å². The van der Waals surface area contributed by atoms with Gasteiger partial charge in [-0.25, -0.2) is 14.3 Å². The fraction of sp³-hybridized carbons (Fsp3) is 0.0952. The predicted molar refractivity (Wildman–Crippen MR) is 110 cm³/mol. The lowest BCUT2D eigenvalue weighted by Crippen LogP contribution is -2.21. The van der Waals surface area contributed by atoms with Gasteiger partial charge in [-0.3, -0.25) is 9.36 Å². The molecule has 0 saturated heterocycles. The molecule has 148 valence electrons. The molecule has 0 spiro atoms. The van der Waals surface area contributed by atoms with Gasteiger partial charge in [-0.15, -0.1) is 5.10 Å². The number of methoxy groups -OCH3 is 1. The summed E-state index contributed by atoms with van der Waals surface area (Å²) in [7, 11) is 1.60. The second kappa shape index (κ2) is 7.28. The molecule has 0 radical (unpaired) electrons. The minimum atomic E-state index is -0.186. The minimum Gasteiger partial charge on any atom is -0.494 e. The molecular formula is C21H17N7O2. The quantitative estimate of drug-likeness (QED) is 0.450. The third-order valence-electron chi connectivity index (χ3n) is 4.76. The second-order valence-electron chi connectivity index (χ2n) is 6.63. The summed E-state index contributed by atoms with van der Waals surface area (Å²) in [6.07, 6.45) is 4.82. The van der Waals surface area contributed by atoms with Crippen LogP contribution >= 0.6 is 0 Å². The third-order valence-corrected chi connectivity index (χ3v) is 4.76. The van der Waals surface area contributed by atoms with Crippen molar-refractivity contribution in [1.29, 1.82) is 0 Å². The monoisotopic (exact) mass is 399 g/mol. The highest BCUT2D eigenvalue weighted by atomic mass is 16.5. The molecule has 9 heteroatoms. The summed E-state index contributed by atoms with van der Waals surface area (Å²) in [5.74, 6) is 0.683. The van der Waals surface area contributed by atoms with Gasteiger partial charge in [0.2, 0.25) is 0 Å². The molecule has 0 N–H and O–H groups in total. The predicted octanol–water partition coefficient (Wildman–Crippen LogP) is 2.22. The van der Waals surface area contributed by atoms with E-state index in [2.05, 4.69) is 20.4 Å². The van der Waals surface area contributed by atoms with E-state index in [-0.39, 0.29) is 12.1 Å². The Balaban J connectivity index is 1.48. The van der Waals surface area contributed by atoms with Gasteiger partial charge in [0.15, 0.2) is 5.65 Å². The van der Waals surface area contributed by atoms with Crippen LogP contribution in [0.4, 0.5) is 0 Å². The van der Waals surface area contributed by atoms with Crippen LogP contribution in [0.5, 0.6) is 5.75 Å². The summed E-state index contributed by atoms with van der Waals surface area (Å²) < 4.78 is 10.1. The molecule has 0 aliphatic heterocycles. The van der Waals surface area contributed by atoms with Crippen molar-refractivity contribution in [2.45, 2.75) is 6.54 Å². The van der Waals surface area contributed by atoms with Gasteiger partial charge in [-0.2, -0.15) is 5.10 Å². The number of hydrogen-bond donors (Lipinski definition) is 0. The van der Waals surface area contributed by atoms with Crippen molar-refractivity contribution in [3.63, 3.8) is 0 Å². The van der Waals surface area contributed by atoms with Crippen molar-refractivity contribution in [1.82, 2.24) is 34.3 Å². The van der Waals surface area contributed by atoms with Crippen molar-refractivity contribution >= 4 is 11.0 Å². The summed E-state index contributed by atoms with van der Waals surface area (Å²) in [4.78, 5) is 17.4. The molecule has 5 rings (SSSR count). The molecule has 9 nitrogen and oxygen atoms in total. The van der Waals surface area contributed by atoms with Gasteiger partial charge < -0.3 is 4.74 Å². The van der Waals surface area contributed by atoms with Crippen LogP contribution in [0.1, 0.15) is 5.69 Å². The number of benzene rings is 2. The minimum absolute atomic E-state index is 0.186. The van der Waals surface area contributed by atoms with E-state index in [4.69, 9.17) is 4.74 Å². The summed E-state index contributed by atoms with van der Waals surface area (Å²) in [5, 5.41) is 13.1. The molecule has 0 atom stereocenters. The SMILES string of the molecule is COc1ccccc1-n1cc(Cn2cnc3c(cnn3-c3ccccc3)c2=O)nn1. The number of ether oxygens (including phenoxy) is 1. The molecular weight excluding hydrogens is 382 g/mol. The number of rotatable bonds is 5. The van der Waals surface area contributed by atoms with Crippen LogP contribution in [0.25, 0.3) is 22.4 Å². The van der Waals surface area contributed by atoms with E-state index in [9.17, 15) is 4.79 Å². The van der Waals surface area contributed by atoms with E-state index in [0.717, 1.165) is 11.4 Å². The van der Waals surface area contributed by atoms with E-state index in [1.54, 1.807) is 28.9 Å². The lowest BCUT2D eigenvalue weighted by molar-refractivity contribution is 0.411. The van der Waals surface area contributed by atoms with Crippen molar-refractivity contribution in [3.8, 4) is 17.1 Å². The fourth-order valence-corrected chi connectivity index (χ4v) is 3.30. The average Bonchev–Trinajstić information content (AvgIpc) is 3.44. The van der Waals surface area contributed by atoms with E-state index < -0.39 is 0 Å². The van der Waals surface area contributed by atoms with Gasteiger partial charge in [-0.05, 0) is 24.3 Å². The van der Waals surface area contributed by atoms with Gasteiger partial charge in [-0.1, -0.05) is 35.5 Å². The van der Waals surface area contributed by atoms with E-state index in [1.165, 1.54) is 10.9 Å². The zero-order valence-corrected chi connectivity index (χ0v) is 16.1. The zero-order valence-electron chi connectivity index (χ0n) is 16.1. The average molecular weight is 399 g/mol. The first-order valence-corrected chi connectivity index (χ1v) is 9.28. The Morgan fingerprint density at radius 1 is 1.03 bits per heavy atom. The summed E-state index contributed by atoms with van der Waals surface area (Å²) >= 11 is 0. The summed E-state index contributed by atoms with van der Waals surface area (Å²) in [6.45, 7) is 0.243. The number of aromatic nitrogens is 7. The number of para-hydroxylation sites is 3. The van der Waals surface area contributed by atoms with Gasteiger partial charge in [0.05, 0.1) is 31.7 Å². The van der Waals surface area contributed by atoms with Crippen molar-refractivity contribution in [3.05, 3.63) is 89.4 Å². The van der Waals surface area contributed by atoms with E-state index in [1.807, 2.05) is 54.6 Å². The molecule has 0 unspecified atom stereocenters. The highest BCUT2D eigenvalue weighted by molar-refractivity contribution is 5.74. The normalized spacial score (nSPS) is 11.1. The second-order valence-corrected chi connectivity index (χ2v) is 6.63. The maximum atomic E-state index is 12.9. The zero-order chi connectivity index (χ0) is 20.5. The largest absolute Gasteiger partial charge is 0.494 e.